The molecule has 0 unspecified atom stereocenters. The van der Waals surface area contributed by atoms with E-state index in [0.717, 1.165) is 12.8 Å². The smallest absolute Gasteiger partial charge is 0.271 e. The quantitative estimate of drug-likeness (QED) is 0.386. The molecule has 1 saturated carbocycles. The van der Waals surface area contributed by atoms with Crippen molar-refractivity contribution in [1.82, 2.24) is 0 Å². The lowest BCUT2D eigenvalue weighted by atomic mass is 10.1. The Balaban J connectivity index is 2.06. The standard InChI is InChI=1S/C13H18N2O3/c14-12-9-10(15(16)17)7-8-13(12)18-11-5-3-1-2-4-6-11/h7-9,11H,1-6,14H2. The second kappa shape index (κ2) is 5.71. The predicted octanol–water partition coefficient (Wildman–Crippen LogP) is 3.28. The summed E-state index contributed by atoms with van der Waals surface area (Å²) >= 11 is 0. The number of nitro groups is 1. The highest BCUT2D eigenvalue weighted by Crippen LogP contribution is 2.29. The van der Waals surface area contributed by atoms with Crippen LogP contribution in [-0.4, -0.2) is 11.0 Å². The van der Waals surface area contributed by atoms with Crippen molar-refractivity contribution in [3.8, 4) is 5.75 Å². The van der Waals surface area contributed by atoms with Gasteiger partial charge in [-0.2, -0.15) is 0 Å². The molecule has 0 atom stereocenters. The highest BCUT2D eigenvalue weighted by molar-refractivity contribution is 5.58. The summed E-state index contributed by atoms with van der Waals surface area (Å²) in [5.41, 5.74) is 6.13. The molecule has 1 aliphatic rings. The van der Waals surface area contributed by atoms with E-state index in [0.29, 0.717) is 11.4 Å². The summed E-state index contributed by atoms with van der Waals surface area (Å²) < 4.78 is 5.85. The fourth-order valence-electron chi connectivity index (χ4n) is 2.30. The van der Waals surface area contributed by atoms with Crippen LogP contribution in [0.4, 0.5) is 11.4 Å². The molecule has 2 N–H and O–H groups in total. The maximum Gasteiger partial charge on any atom is 0.271 e. The Morgan fingerprint density at radius 3 is 2.44 bits per heavy atom. The van der Waals surface area contributed by atoms with E-state index in [9.17, 15) is 10.1 Å². The minimum absolute atomic E-state index is 0.000663. The van der Waals surface area contributed by atoms with Gasteiger partial charge in [-0.1, -0.05) is 12.8 Å². The number of hydrogen-bond acceptors (Lipinski definition) is 4. The van der Waals surface area contributed by atoms with E-state index in [2.05, 4.69) is 0 Å². The molecule has 5 nitrogen and oxygen atoms in total. The minimum Gasteiger partial charge on any atom is -0.488 e. The summed E-state index contributed by atoms with van der Waals surface area (Å²) in [6.45, 7) is 0. The number of rotatable bonds is 3. The molecule has 1 fully saturated rings. The molecule has 0 bridgehead atoms. The van der Waals surface area contributed by atoms with Crippen LogP contribution in [0.2, 0.25) is 0 Å². The molecule has 0 spiro atoms. The summed E-state index contributed by atoms with van der Waals surface area (Å²) in [5, 5.41) is 10.6. The van der Waals surface area contributed by atoms with Gasteiger partial charge >= 0.3 is 0 Å². The normalized spacial score (nSPS) is 17.1. The van der Waals surface area contributed by atoms with Gasteiger partial charge in [-0.15, -0.1) is 0 Å². The van der Waals surface area contributed by atoms with E-state index < -0.39 is 4.92 Å². The maximum atomic E-state index is 10.6. The Kier molecular flexibility index (Phi) is 4.02. The lowest BCUT2D eigenvalue weighted by Crippen LogP contribution is -2.15. The van der Waals surface area contributed by atoms with Gasteiger partial charge in [0.1, 0.15) is 5.75 Å². The molecule has 0 heterocycles. The van der Waals surface area contributed by atoms with Gasteiger partial charge in [0.15, 0.2) is 0 Å². The second-order valence-corrected chi connectivity index (χ2v) is 4.71. The molecule has 1 aliphatic carbocycles. The summed E-state index contributed by atoms with van der Waals surface area (Å²) in [6.07, 6.45) is 7.14. The van der Waals surface area contributed by atoms with Crippen LogP contribution in [-0.2, 0) is 0 Å². The molecule has 1 aromatic rings. The molecule has 2 rings (SSSR count). The number of benzene rings is 1. The lowest BCUT2D eigenvalue weighted by molar-refractivity contribution is -0.384. The van der Waals surface area contributed by atoms with Crippen LogP contribution in [0.5, 0.6) is 5.75 Å². The molecule has 0 saturated heterocycles. The zero-order valence-electron chi connectivity index (χ0n) is 10.3. The van der Waals surface area contributed by atoms with Gasteiger partial charge in [0.25, 0.3) is 5.69 Å². The van der Waals surface area contributed by atoms with Crippen molar-refractivity contribution in [3.05, 3.63) is 28.3 Å². The molecule has 0 aliphatic heterocycles. The average Bonchev–Trinajstić information content (AvgIpc) is 2.60. The van der Waals surface area contributed by atoms with Crippen molar-refractivity contribution in [3.63, 3.8) is 0 Å². The van der Waals surface area contributed by atoms with Crippen molar-refractivity contribution < 1.29 is 9.66 Å². The van der Waals surface area contributed by atoms with Crippen LogP contribution < -0.4 is 10.5 Å². The molecule has 1 aromatic carbocycles. The highest BCUT2D eigenvalue weighted by atomic mass is 16.6. The zero-order valence-corrected chi connectivity index (χ0v) is 10.3. The van der Waals surface area contributed by atoms with Gasteiger partial charge in [0, 0.05) is 12.1 Å². The summed E-state index contributed by atoms with van der Waals surface area (Å²) in [4.78, 5) is 10.2. The Hall–Kier alpha value is -1.78. The van der Waals surface area contributed by atoms with E-state index in [1.54, 1.807) is 6.07 Å². The first kappa shape index (κ1) is 12.7. The number of nitrogen functional groups attached to an aromatic ring is 1. The topological polar surface area (TPSA) is 78.4 Å². The van der Waals surface area contributed by atoms with Crippen molar-refractivity contribution in [2.75, 3.05) is 5.73 Å². The summed E-state index contributed by atoms with van der Waals surface area (Å²) in [6, 6.07) is 4.38. The summed E-state index contributed by atoms with van der Waals surface area (Å²) in [7, 11) is 0. The molecular formula is C13H18N2O3. The molecule has 0 aromatic heterocycles. The molecular weight excluding hydrogens is 232 g/mol. The van der Waals surface area contributed by atoms with Crippen LogP contribution in [0.3, 0.4) is 0 Å². The third-order valence-electron chi connectivity index (χ3n) is 3.30. The SMILES string of the molecule is Nc1cc([N+](=O)[O-])ccc1OC1CCCCCC1. The third-order valence-corrected chi connectivity index (χ3v) is 3.30. The Labute approximate surface area is 106 Å². The second-order valence-electron chi connectivity index (χ2n) is 4.71. The van der Waals surface area contributed by atoms with Crippen molar-refractivity contribution >= 4 is 11.4 Å². The number of anilines is 1. The van der Waals surface area contributed by atoms with Crippen molar-refractivity contribution in [2.45, 2.75) is 44.6 Å². The number of nitrogens with two attached hydrogens (primary N) is 1. The molecule has 18 heavy (non-hydrogen) atoms. The Bertz CT molecular complexity index is 426. The fraction of sp³-hybridized carbons (Fsp3) is 0.538. The fourth-order valence-corrected chi connectivity index (χ4v) is 2.30. The first-order valence-electron chi connectivity index (χ1n) is 6.37. The van der Waals surface area contributed by atoms with Crippen LogP contribution in [0, 0.1) is 10.1 Å². The Morgan fingerprint density at radius 2 is 1.89 bits per heavy atom. The van der Waals surface area contributed by atoms with Gasteiger partial charge < -0.3 is 10.5 Å². The average molecular weight is 250 g/mol. The predicted molar refractivity (Wildman–Crippen MR) is 69.6 cm³/mol. The third kappa shape index (κ3) is 3.12. The number of non-ortho nitro benzene ring substituents is 1. The van der Waals surface area contributed by atoms with E-state index >= 15 is 0 Å². The first-order chi connectivity index (χ1) is 8.66. The van der Waals surface area contributed by atoms with Gasteiger partial charge in [-0.3, -0.25) is 10.1 Å². The highest BCUT2D eigenvalue weighted by Gasteiger charge is 2.16. The van der Waals surface area contributed by atoms with E-state index in [4.69, 9.17) is 10.5 Å². The van der Waals surface area contributed by atoms with E-state index in [1.807, 2.05) is 0 Å². The van der Waals surface area contributed by atoms with Gasteiger partial charge in [0.2, 0.25) is 0 Å². The molecule has 98 valence electrons. The van der Waals surface area contributed by atoms with Crippen LogP contribution in [0.15, 0.2) is 18.2 Å². The van der Waals surface area contributed by atoms with Crippen molar-refractivity contribution in [1.29, 1.82) is 0 Å². The van der Waals surface area contributed by atoms with Gasteiger partial charge in [0.05, 0.1) is 16.7 Å². The largest absolute Gasteiger partial charge is 0.488 e. The van der Waals surface area contributed by atoms with Crippen LogP contribution in [0.25, 0.3) is 0 Å². The van der Waals surface area contributed by atoms with Gasteiger partial charge in [-0.25, -0.2) is 0 Å². The number of nitro benzene ring substituents is 1. The molecule has 0 radical (unpaired) electrons. The van der Waals surface area contributed by atoms with Gasteiger partial charge in [-0.05, 0) is 31.7 Å². The van der Waals surface area contributed by atoms with E-state index in [1.165, 1.54) is 37.8 Å². The first-order valence-corrected chi connectivity index (χ1v) is 6.37. The van der Waals surface area contributed by atoms with Crippen LogP contribution >= 0.6 is 0 Å². The number of hydrogen-bond donors (Lipinski definition) is 1. The van der Waals surface area contributed by atoms with Crippen LogP contribution in [0.1, 0.15) is 38.5 Å². The minimum atomic E-state index is -0.453. The summed E-state index contributed by atoms with van der Waals surface area (Å²) in [5.74, 6) is 0.562. The van der Waals surface area contributed by atoms with E-state index in [-0.39, 0.29) is 11.8 Å². The monoisotopic (exact) mass is 250 g/mol. The van der Waals surface area contributed by atoms with Crippen molar-refractivity contribution in [2.24, 2.45) is 0 Å². The zero-order chi connectivity index (χ0) is 13.0. The number of nitrogens with zero attached hydrogens (tertiary/aromatic N) is 1. The molecule has 5 heteroatoms. The molecule has 0 amide bonds. The Morgan fingerprint density at radius 1 is 1.22 bits per heavy atom. The lowest BCUT2D eigenvalue weighted by Gasteiger charge is -2.18. The maximum absolute atomic E-state index is 10.6. The number of ether oxygens (including phenoxy) is 1.